The van der Waals surface area contributed by atoms with E-state index in [9.17, 15) is 0 Å². The summed E-state index contributed by atoms with van der Waals surface area (Å²) in [6.07, 6.45) is 0. The highest BCUT2D eigenvalue weighted by Gasteiger charge is 2.09. The summed E-state index contributed by atoms with van der Waals surface area (Å²) in [6, 6.07) is 6.14. The molecule has 0 heterocycles. The monoisotopic (exact) mass is 276 g/mol. The lowest BCUT2D eigenvalue weighted by Crippen LogP contribution is -2.32. The van der Waals surface area contributed by atoms with Gasteiger partial charge in [0.1, 0.15) is 0 Å². The lowest BCUT2D eigenvalue weighted by atomic mass is 10.1. The zero-order valence-electron chi connectivity index (χ0n) is 8.51. The van der Waals surface area contributed by atoms with Crippen LogP contribution >= 0.6 is 27.5 Å². The van der Waals surface area contributed by atoms with Crippen LogP contribution in [0.3, 0.4) is 0 Å². The van der Waals surface area contributed by atoms with Crippen LogP contribution in [-0.4, -0.2) is 19.1 Å². The van der Waals surface area contributed by atoms with Crippen molar-refractivity contribution in [1.82, 2.24) is 10.4 Å². The van der Waals surface area contributed by atoms with Crippen molar-refractivity contribution in [2.75, 3.05) is 14.1 Å². The number of halogens is 2. The van der Waals surface area contributed by atoms with Crippen molar-refractivity contribution in [3.05, 3.63) is 33.3 Å². The Bertz CT molecular complexity index is 315. The molecule has 2 nitrogen and oxygen atoms in total. The molecule has 0 bridgehead atoms. The molecule has 0 aliphatic rings. The molecule has 0 saturated carbocycles. The Kier molecular flexibility index (Phi) is 4.38. The first-order valence-corrected chi connectivity index (χ1v) is 5.56. The number of hydrogen-bond acceptors (Lipinski definition) is 2. The lowest BCUT2D eigenvalue weighted by Gasteiger charge is -2.20. The SMILES string of the molecule is CC(NN(C)C)c1ccc(Br)cc1Cl. The van der Waals surface area contributed by atoms with Crippen LogP contribution in [0, 0.1) is 0 Å². The molecular weight excluding hydrogens is 263 g/mol. The molecule has 0 saturated heterocycles. The maximum atomic E-state index is 6.12. The Labute approximate surface area is 98.3 Å². The zero-order valence-corrected chi connectivity index (χ0v) is 10.9. The number of nitrogens with one attached hydrogen (secondary N) is 1. The Morgan fingerprint density at radius 2 is 2.07 bits per heavy atom. The normalized spacial score (nSPS) is 13.3. The Hall–Kier alpha value is -0.0900. The second-order valence-corrected chi connectivity index (χ2v) is 4.73. The summed E-state index contributed by atoms with van der Waals surface area (Å²) < 4.78 is 1.00. The van der Waals surface area contributed by atoms with E-state index in [1.807, 2.05) is 37.3 Å². The molecule has 0 fully saturated rings. The van der Waals surface area contributed by atoms with Gasteiger partial charge in [-0.25, -0.2) is 5.43 Å². The van der Waals surface area contributed by atoms with Gasteiger partial charge in [0.25, 0.3) is 0 Å². The fraction of sp³-hybridized carbons (Fsp3) is 0.400. The minimum absolute atomic E-state index is 0.214. The molecule has 1 unspecified atom stereocenters. The first-order valence-electron chi connectivity index (χ1n) is 4.39. The van der Waals surface area contributed by atoms with E-state index < -0.39 is 0 Å². The van der Waals surface area contributed by atoms with Crippen LogP contribution in [0.2, 0.25) is 5.02 Å². The molecule has 4 heteroatoms. The van der Waals surface area contributed by atoms with Crippen LogP contribution in [0.15, 0.2) is 22.7 Å². The summed E-state index contributed by atoms with van der Waals surface area (Å²) in [6.45, 7) is 2.08. The summed E-state index contributed by atoms with van der Waals surface area (Å²) in [5.74, 6) is 0. The van der Waals surface area contributed by atoms with Gasteiger partial charge in [0.05, 0.1) is 0 Å². The molecule has 1 aromatic rings. The van der Waals surface area contributed by atoms with Crippen molar-refractivity contribution in [3.8, 4) is 0 Å². The lowest BCUT2D eigenvalue weighted by molar-refractivity contribution is 0.252. The average molecular weight is 278 g/mol. The van der Waals surface area contributed by atoms with E-state index >= 15 is 0 Å². The molecule has 0 aliphatic heterocycles. The van der Waals surface area contributed by atoms with Crippen molar-refractivity contribution in [2.24, 2.45) is 0 Å². The molecule has 0 aromatic heterocycles. The van der Waals surface area contributed by atoms with Crippen molar-refractivity contribution >= 4 is 27.5 Å². The number of nitrogens with zero attached hydrogens (tertiary/aromatic N) is 1. The quantitative estimate of drug-likeness (QED) is 0.854. The Morgan fingerprint density at radius 1 is 1.43 bits per heavy atom. The third-order valence-corrected chi connectivity index (χ3v) is 2.70. The van der Waals surface area contributed by atoms with E-state index in [0.29, 0.717) is 0 Å². The van der Waals surface area contributed by atoms with Gasteiger partial charge in [-0.1, -0.05) is 33.6 Å². The van der Waals surface area contributed by atoms with Gasteiger partial charge in [-0.2, -0.15) is 0 Å². The third kappa shape index (κ3) is 3.24. The van der Waals surface area contributed by atoms with Gasteiger partial charge < -0.3 is 0 Å². The highest BCUT2D eigenvalue weighted by atomic mass is 79.9. The maximum Gasteiger partial charge on any atom is 0.0465 e. The third-order valence-electron chi connectivity index (χ3n) is 1.88. The second kappa shape index (κ2) is 5.12. The first-order chi connectivity index (χ1) is 6.50. The number of hydrazine groups is 1. The molecule has 0 aliphatic carbocycles. The molecule has 1 aromatic carbocycles. The van der Waals surface area contributed by atoms with Crippen LogP contribution in [0.1, 0.15) is 18.5 Å². The second-order valence-electron chi connectivity index (χ2n) is 3.41. The van der Waals surface area contributed by atoms with Crippen molar-refractivity contribution in [3.63, 3.8) is 0 Å². The molecular formula is C10H14BrClN2. The summed E-state index contributed by atoms with van der Waals surface area (Å²) in [5.41, 5.74) is 4.35. The van der Waals surface area contributed by atoms with Crippen LogP contribution in [0.5, 0.6) is 0 Å². The van der Waals surface area contributed by atoms with Gasteiger partial charge in [-0.05, 0) is 24.6 Å². The minimum atomic E-state index is 0.214. The summed E-state index contributed by atoms with van der Waals surface area (Å²) in [4.78, 5) is 0. The fourth-order valence-electron chi connectivity index (χ4n) is 1.31. The number of hydrogen-bond donors (Lipinski definition) is 1. The highest BCUT2D eigenvalue weighted by molar-refractivity contribution is 9.10. The van der Waals surface area contributed by atoms with E-state index in [0.717, 1.165) is 15.1 Å². The Morgan fingerprint density at radius 3 is 2.57 bits per heavy atom. The molecule has 14 heavy (non-hydrogen) atoms. The van der Waals surface area contributed by atoms with Crippen LogP contribution in [-0.2, 0) is 0 Å². The summed E-state index contributed by atoms with van der Waals surface area (Å²) in [7, 11) is 3.92. The number of benzene rings is 1. The number of rotatable bonds is 3. The molecule has 1 atom stereocenters. The topological polar surface area (TPSA) is 15.3 Å². The average Bonchev–Trinajstić information content (AvgIpc) is 2.01. The van der Waals surface area contributed by atoms with E-state index in [-0.39, 0.29) is 6.04 Å². The van der Waals surface area contributed by atoms with Crippen LogP contribution in [0.25, 0.3) is 0 Å². The van der Waals surface area contributed by atoms with Crippen molar-refractivity contribution < 1.29 is 0 Å². The van der Waals surface area contributed by atoms with Gasteiger partial charge in [0.15, 0.2) is 0 Å². The predicted molar refractivity (Wildman–Crippen MR) is 64.4 cm³/mol. The van der Waals surface area contributed by atoms with Gasteiger partial charge in [0.2, 0.25) is 0 Å². The van der Waals surface area contributed by atoms with E-state index in [2.05, 4.69) is 28.3 Å². The highest BCUT2D eigenvalue weighted by Crippen LogP contribution is 2.26. The molecule has 1 rings (SSSR count). The molecule has 0 radical (unpaired) electrons. The van der Waals surface area contributed by atoms with Gasteiger partial charge >= 0.3 is 0 Å². The smallest absolute Gasteiger partial charge is 0.0465 e. The maximum absolute atomic E-state index is 6.12. The fourth-order valence-corrected chi connectivity index (χ4v) is 2.15. The largest absolute Gasteiger partial charge is 0.250 e. The Balaban J connectivity index is 2.84. The van der Waals surface area contributed by atoms with E-state index in [1.165, 1.54) is 0 Å². The van der Waals surface area contributed by atoms with Gasteiger partial charge in [0, 0.05) is 29.6 Å². The van der Waals surface area contributed by atoms with Crippen LogP contribution < -0.4 is 5.43 Å². The summed E-state index contributed by atoms with van der Waals surface area (Å²) in [5, 5.41) is 2.70. The molecule has 1 N–H and O–H groups in total. The summed E-state index contributed by atoms with van der Waals surface area (Å²) >= 11 is 9.50. The van der Waals surface area contributed by atoms with Crippen molar-refractivity contribution in [1.29, 1.82) is 0 Å². The minimum Gasteiger partial charge on any atom is -0.250 e. The first kappa shape index (κ1) is 12.0. The van der Waals surface area contributed by atoms with Gasteiger partial charge in [-0.15, -0.1) is 0 Å². The van der Waals surface area contributed by atoms with E-state index in [1.54, 1.807) is 0 Å². The molecule has 0 amide bonds. The van der Waals surface area contributed by atoms with Crippen molar-refractivity contribution in [2.45, 2.75) is 13.0 Å². The van der Waals surface area contributed by atoms with E-state index in [4.69, 9.17) is 11.6 Å². The zero-order chi connectivity index (χ0) is 10.7. The van der Waals surface area contributed by atoms with Gasteiger partial charge in [-0.3, -0.25) is 5.01 Å². The predicted octanol–water partition coefficient (Wildman–Crippen LogP) is 3.23. The standard InChI is InChI=1S/C10H14BrClN2/c1-7(13-14(2)3)9-5-4-8(11)6-10(9)12/h4-7,13H,1-3H3. The molecule has 78 valence electrons. The van der Waals surface area contributed by atoms with Crippen LogP contribution in [0.4, 0.5) is 0 Å². The molecule has 0 spiro atoms.